The highest BCUT2D eigenvalue weighted by Crippen LogP contribution is 2.30. The summed E-state index contributed by atoms with van der Waals surface area (Å²) in [6.07, 6.45) is 8.46. The molecule has 1 fully saturated rings. The molecule has 100 valence electrons. The van der Waals surface area contributed by atoms with E-state index in [0.29, 0.717) is 5.92 Å². The maximum atomic E-state index is 12.4. The first-order chi connectivity index (χ1) is 9.29. The first-order valence-corrected chi connectivity index (χ1v) is 7.33. The lowest BCUT2D eigenvalue weighted by Crippen LogP contribution is -2.30. The van der Waals surface area contributed by atoms with E-state index in [1.54, 1.807) is 0 Å². The maximum Gasteiger partial charge on any atom is 0.254 e. The van der Waals surface area contributed by atoms with E-state index in [9.17, 15) is 4.79 Å². The Balaban J connectivity index is 1.77. The maximum absolute atomic E-state index is 12.4. The number of carbonyl (C=O) groups excluding carboxylic acids is 1. The van der Waals surface area contributed by atoms with Crippen molar-refractivity contribution in [3.63, 3.8) is 0 Å². The summed E-state index contributed by atoms with van der Waals surface area (Å²) >= 11 is 0. The minimum atomic E-state index is 0.212. The van der Waals surface area contributed by atoms with E-state index in [4.69, 9.17) is 0 Å². The van der Waals surface area contributed by atoms with E-state index < -0.39 is 0 Å². The molecule has 1 aromatic rings. The van der Waals surface area contributed by atoms with Gasteiger partial charge in [0.2, 0.25) is 0 Å². The SMILES string of the molecule is C=Cc1cccc2c1CN(CC1CCCCC1)C2=O. The van der Waals surface area contributed by atoms with Crippen LogP contribution in [0.15, 0.2) is 24.8 Å². The molecule has 0 radical (unpaired) electrons. The summed E-state index contributed by atoms with van der Waals surface area (Å²) in [6.45, 7) is 5.55. The molecule has 1 aliphatic heterocycles. The molecule has 3 rings (SSSR count). The molecule has 19 heavy (non-hydrogen) atoms. The Kier molecular flexibility index (Phi) is 3.41. The molecule has 0 spiro atoms. The Morgan fingerprint density at radius 1 is 1.26 bits per heavy atom. The zero-order chi connectivity index (χ0) is 13.2. The van der Waals surface area contributed by atoms with Gasteiger partial charge in [0.1, 0.15) is 0 Å². The molecule has 1 aromatic carbocycles. The van der Waals surface area contributed by atoms with E-state index in [2.05, 4.69) is 6.58 Å². The van der Waals surface area contributed by atoms with Gasteiger partial charge in [0.25, 0.3) is 5.91 Å². The average molecular weight is 255 g/mol. The number of benzene rings is 1. The monoisotopic (exact) mass is 255 g/mol. The Labute approximate surface area is 115 Å². The van der Waals surface area contributed by atoms with E-state index in [-0.39, 0.29) is 5.91 Å². The van der Waals surface area contributed by atoms with Gasteiger partial charge in [0.15, 0.2) is 0 Å². The molecule has 2 heteroatoms. The van der Waals surface area contributed by atoms with Gasteiger partial charge >= 0.3 is 0 Å². The van der Waals surface area contributed by atoms with Gasteiger partial charge in [0.05, 0.1) is 0 Å². The van der Waals surface area contributed by atoms with Crippen LogP contribution in [0.4, 0.5) is 0 Å². The summed E-state index contributed by atoms with van der Waals surface area (Å²) in [5.74, 6) is 0.920. The van der Waals surface area contributed by atoms with E-state index in [1.807, 2.05) is 29.2 Å². The second-order valence-corrected chi connectivity index (χ2v) is 5.77. The van der Waals surface area contributed by atoms with Crippen molar-refractivity contribution in [2.75, 3.05) is 6.54 Å². The topological polar surface area (TPSA) is 20.3 Å². The molecule has 0 unspecified atom stereocenters. The predicted molar refractivity (Wildman–Crippen MR) is 77.8 cm³/mol. The normalized spacial score (nSPS) is 19.6. The van der Waals surface area contributed by atoms with Crippen LogP contribution < -0.4 is 0 Å². The molecule has 1 amide bonds. The first-order valence-electron chi connectivity index (χ1n) is 7.33. The van der Waals surface area contributed by atoms with Crippen molar-refractivity contribution >= 4 is 12.0 Å². The standard InChI is InChI=1S/C17H21NO/c1-2-14-9-6-10-15-16(14)12-18(17(15)19)11-13-7-4-3-5-8-13/h2,6,9-10,13H,1,3-5,7-8,11-12H2. The quantitative estimate of drug-likeness (QED) is 0.803. The fourth-order valence-corrected chi connectivity index (χ4v) is 3.43. The molecule has 0 saturated heterocycles. The first kappa shape index (κ1) is 12.5. The van der Waals surface area contributed by atoms with Gasteiger partial charge in [-0.2, -0.15) is 0 Å². The van der Waals surface area contributed by atoms with Crippen LogP contribution in [-0.4, -0.2) is 17.4 Å². The zero-order valence-corrected chi connectivity index (χ0v) is 11.4. The van der Waals surface area contributed by atoms with Crippen LogP contribution in [0.5, 0.6) is 0 Å². The predicted octanol–water partition coefficient (Wildman–Crippen LogP) is 3.87. The van der Waals surface area contributed by atoms with Gasteiger partial charge < -0.3 is 4.90 Å². The number of fused-ring (bicyclic) bond motifs is 1. The molecule has 0 N–H and O–H groups in total. The van der Waals surface area contributed by atoms with Crippen LogP contribution >= 0.6 is 0 Å². The lowest BCUT2D eigenvalue weighted by atomic mass is 9.89. The molecule has 1 aliphatic carbocycles. The summed E-state index contributed by atoms with van der Waals surface area (Å²) in [7, 11) is 0. The highest BCUT2D eigenvalue weighted by molar-refractivity contribution is 5.99. The van der Waals surface area contributed by atoms with Crippen LogP contribution in [0.1, 0.15) is 53.6 Å². The second-order valence-electron chi connectivity index (χ2n) is 5.77. The van der Waals surface area contributed by atoms with Crippen molar-refractivity contribution in [2.45, 2.75) is 38.6 Å². The van der Waals surface area contributed by atoms with Crippen molar-refractivity contribution in [3.8, 4) is 0 Å². The summed E-state index contributed by atoms with van der Waals surface area (Å²) in [4.78, 5) is 14.5. The molecule has 0 aromatic heterocycles. The fourth-order valence-electron chi connectivity index (χ4n) is 3.43. The summed E-state index contributed by atoms with van der Waals surface area (Å²) < 4.78 is 0. The lowest BCUT2D eigenvalue weighted by molar-refractivity contribution is 0.0738. The Morgan fingerprint density at radius 3 is 2.79 bits per heavy atom. The molecule has 1 saturated carbocycles. The fraction of sp³-hybridized carbons (Fsp3) is 0.471. The number of nitrogens with zero attached hydrogens (tertiary/aromatic N) is 1. The van der Waals surface area contributed by atoms with Crippen LogP contribution in [0.3, 0.4) is 0 Å². The second kappa shape index (κ2) is 5.20. The summed E-state index contributed by atoms with van der Waals surface area (Å²) in [6, 6.07) is 5.95. The van der Waals surface area contributed by atoms with Gasteiger partial charge in [0, 0.05) is 18.7 Å². The molecule has 2 aliphatic rings. The highest BCUT2D eigenvalue weighted by Gasteiger charge is 2.30. The van der Waals surface area contributed by atoms with Gasteiger partial charge in [-0.1, -0.05) is 44.1 Å². The molecule has 0 bridgehead atoms. The molecular formula is C17H21NO. The number of carbonyl (C=O) groups is 1. The van der Waals surface area contributed by atoms with Gasteiger partial charge in [-0.3, -0.25) is 4.79 Å². The van der Waals surface area contributed by atoms with E-state index in [1.165, 1.54) is 37.7 Å². The van der Waals surface area contributed by atoms with Crippen LogP contribution in [0.25, 0.3) is 6.08 Å². The molecule has 0 atom stereocenters. The summed E-state index contributed by atoms with van der Waals surface area (Å²) in [5.41, 5.74) is 3.16. The number of hydrogen-bond acceptors (Lipinski definition) is 1. The molecular weight excluding hydrogens is 234 g/mol. The molecule has 2 nitrogen and oxygen atoms in total. The van der Waals surface area contributed by atoms with Crippen molar-refractivity contribution in [1.29, 1.82) is 0 Å². The van der Waals surface area contributed by atoms with Crippen molar-refractivity contribution in [2.24, 2.45) is 5.92 Å². The summed E-state index contributed by atoms with van der Waals surface area (Å²) in [5, 5.41) is 0. The third-order valence-electron chi connectivity index (χ3n) is 4.50. The van der Waals surface area contributed by atoms with Crippen LogP contribution in [0, 0.1) is 5.92 Å². The van der Waals surface area contributed by atoms with Crippen molar-refractivity contribution in [3.05, 3.63) is 41.5 Å². The Hall–Kier alpha value is -1.57. The van der Waals surface area contributed by atoms with E-state index in [0.717, 1.165) is 24.2 Å². The van der Waals surface area contributed by atoms with Crippen LogP contribution in [-0.2, 0) is 6.54 Å². The average Bonchev–Trinajstić information content (AvgIpc) is 2.77. The minimum Gasteiger partial charge on any atom is -0.334 e. The van der Waals surface area contributed by atoms with Crippen LogP contribution in [0.2, 0.25) is 0 Å². The number of hydrogen-bond donors (Lipinski definition) is 0. The van der Waals surface area contributed by atoms with Crippen molar-refractivity contribution < 1.29 is 4.79 Å². The smallest absolute Gasteiger partial charge is 0.254 e. The van der Waals surface area contributed by atoms with Gasteiger partial charge in [-0.15, -0.1) is 0 Å². The number of amides is 1. The minimum absolute atomic E-state index is 0.212. The Bertz CT molecular complexity index is 500. The van der Waals surface area contributed by atoms with Crippen molar-refractivity contribution in [1.82, 2.24) is 4.90 Å². The largest absolute Gasteiger partial charge is 0.334 e. The zero-order valence-electron chi connectivity index (χ0n) is 11.4. The molecule has 1 heterocycles. The van der Waals surface area contributed by atoms with Gasteiger partial charge in [-0.05, 0) is 36.0 Å². The lowest BCUT2D eigenvalue weighted by Gasteiger charge is -2.26. The third kappa shape index (κ3) is 2.32. The number of rotatable bonds is 3. The van der Waals surface area contributed by atoms with E-state index >= 15 is 0 Å². The van der Waals surface area contributed by atoms with Gasteiger partial charge in [-0.25, -0.2) is 0 Å². The third-order valence-corrected chi connectivity index (χ3v) is 4.50. The highest BCUT2D eigenvalue weighted by atomic mass is 16.2. The Morgan fingerprint density at radius 2 is 2.05 bits per heavy atom.